The van der Waals surface area contributed by atoms with E-state index in [4.69, 9.17) is 0 Å². The number of benzene rings is 1. The number of hydrogen-bond acceptors (Lipinski definition) is 1. The fourth-order valence-corrected chi connectivity index (χ4v) is 1.33. The van der Waals surface area contributed by atoms with Gasteiger partial charge in [0.2, 0.25) is 0 Å². The topological polar surface area (TPSA) is 41.1 Å². The van der Waals surface area contributed by atoms with Crippen molar-refractivity contribution < 1.29 is 13.6 Å². The maximum Gasteiger partial charge on any atom is 0.319 e. The average Bonchev–Trinajstić information content (AvgIpc) is 2.75. The minimum absolute atomic E-state index is 0.0737. The van der Waals surface area contributed by atoms with Crippen molar-refractivity contribution in [3.05, 3.63) is 61.6 Å². The molecule has 0 aliphatic heterocycles. The van der Waals surface area contributed by atoms with Gasteiger partial charge in [0.05, 0.1) is 11.7 Å². The molecule has 2 amide bonds. The molecule has 17 heavy (non-hydrogen) atoms. The van der Waals surface area contributed by atoms with Gasteiger partial charge in [-0.1, -0.05) is 0 Å². The molecule has 3 nitrogen and oxygen atoms in total. The predicted octanol–water partition coefficient (Wildman–Crippen LogP) is 2.45. The molecule has 0 bridgehead atoms. The molecule has 5 radical (unpaired) electrons. The second-order valence-corrected chi connectivity index (χ2v) is 3.38. The molecule has 0 saturated heterocycles. The van der Waals surface area contributed by atoms with Gasteiger partial charge in [-0.2, -0.15) is 0 Å². The molecule has 1 aliphatic carbocycles. The number of halogens is 2. The van der Waals surface area contributed by atoms with Gasteiger partial charge in [0.15, 0.2) is 0 Å². The highest BCUT2D eigenvalue weighted by Crippen LogP contribution is 2.20. The van der Waals surface area contributed by atoms with Crippen LogP contribution in [-0.2, 0) is 0 Å². The monoisotopic (exact) mass is 235 g/mol. The summed E-state index contributed by atoms with van der Waals surface area (Å²) >= 11 is 0. The van der Waals surface area contributed by atoms with Crippen molar-refractivity contribution in [1.82, 2.24) is 5.32 Å². The van der Waals surface area contributed by atoms with Crippen LogP contribution < -0.4 is 10.6 Å². The van der Waals surface area contributed by atoms with E-state index < -0.39 is 17.7 Å². The van der Waals surface area contributed by atoms with E-state index in [9.17, 15) is 13.6 Å². The Morgan fingerprint density at radius 1 is 1.06 bits per heavy atom. The number of carbonyl (C=O) groups excluding carboxylic acids is 1. The van der Waals surface area contributed by atoms with Crippen molar-refractivity contribution in [2.24, 2.45) is 0 Å². The lowest BCUT2D eigenvalue weighted by molar-refractivity contribution is 0.253. The van der Waals surface area contributed by atoms with Crippen LogP contribution in [0.15, 0.2) is 18.2 Å². The second-order valence-electron chi connectivity index (χ2n) is 3.38. The van der Waals surface area contributed by atoms with Gasteiger partial charge < -0.3 is 10.6 Å². The van der Waals surface area contributed by atoms with E-state index in [1.165, 1.54) is 0 Å². The SMILES string of the molecule is O=C(N[C]1[CH][CH][CH][CH]1)Nc1ccc(F)cc1F. The Kier molecular flexibility index (Phi) is 3.56. The zero-order chi connectivity index (χ0) is 12.3. The summed E-state index contributed by atoms with van der Waals surface area (Å²) in [6.45, 7) is 0. The first-order valence-electron chi connectivity index (χ1n) is 4.90. The first-order chi connectivity index (χ1) is 8.15. The third kappa shape index (κ3) is 3.15. The molecule has 1 fully saturated rings. The van der Waals surface area contributed by atoms with Crippen LogP contribution in [0.2, 0.25) is 0 Å². The summed E-state index contributed by atoms with van der Waals surface area (Å²) in [5.74, 6) is -1.51. The second kappa shape index (κ2) is 5.12. The highest BCUT2D eigenvalue weighted by Gasteiger charge is 2.19. The Bertz CT molecular complexity index is 417. The quantitative estimate of drug-likeness (QED) is 0.812. The zero-order valence-electron chi connectivity index (χ0n) is 8.71. The lowest BCUT2D eigenvalue weighted by Crippen LogP contribution is -2.31. The maximum atomic E-state index is 13.2. The molecule has 1 saturated carbocycles. The normalized spacial score (nSPS) is 15.9. The number of nitrogens with one attached hydrogen (secondary N) is 2. The van der Waals surface area contributed by atoms with Gasteiger partial charge in [-0.05, 0) is 37.8 Å². The number of carbonyl (C=O) groups is 1. The van der Waals surface area contributed by atoms with Gasteiger partial charge in [0.25, 0.3) is 0 Å². The van der Waals surface area contributed by atoms with E-state index in [0.717, 1.165) is 12.1 Å². The summed E-state index contributed by atoms with van der Waals surface area (Å²) in [6, 6.07) is 2.96. The predicted molar refractivity (Wildman–Crippen MR) is 59.0 cm³/mol. The number of urea groups is 1. The Morgan fingerprint density at radius 3 is 2.41 bits per heavy atom. The third-order valence-corrected chi connectivity index (χ3v) is 2.10. The highest BCUT2D eigenvalue weighted by molar-refractivity contribution is 5.90. The first kappa shape index (κ1) is 11.8. The van der Waals surface area contributed by atoms with Crippen LogP contribution >= 0.6 is 0 Å². The first-order valence-corrected chi connectivity index (χ1v) is 4.90. The molecule has 5 heteroatoms. The molecule has 1 aliphatic rings. The van der Waals surface area contributed by atoms with Gasteiger partial charge in [-0.25, -0.2) is 13.6 Å². The molecule has 87 valence electrons. The van der Waals surface area contributed by atoms with Crippen LogP contribution in [0.3, 0.4) is 0 Å². The summed E-state index contributed by atoms with van der Waals surface area (Å²) in [5.41, 5.74) is -0.0737. The fourth-order valence-electron chi connectivity index (χ4n) is 1.33. The lowest BCUT2D eigenvalue weighted by Gasteiger charge is -2.12. The van der Waals surface area contributed by atoms with E-state index in [1.54, 1.807) is 25.7 Å². The van der Waals surface area contributed by atoms with Crippen LogP contribution in [-0.4, -0.2) is 6.03 Å². The number of hydrogen-bond donors (Lipinski definition) is 2. The Balaban J connectivity index is 1.93. The molecule has 1 aromatic rings. The Morgan fingerprint density at radius 2 is 1.76 bits per heavy atom. The Labute approximate surface area is 98.2 Å². The van der Waals surface area contributed by atoms with Gasteiger partial charge in [0.1, 0.15) is 11.6 Å². The summed E-state index contributed by atoms with van der Waals surface area (Å²) in [7, 11) is 0. The van der Waals surface area contributed by atoms with Crippen molar-refractivity contribution in [1.29, 1.82) is 0 Å². The van der Waals surface area contributed by atoms with E-state index >= 15 is 0 Å². The Hall–Kier alpha value is -1.65. The van der Waals surface area contributed by atoms with Crippen LogP contribution in [0.25, 0.3) is 0 Å². The molecular weight excluding hydrogens is 226 g/mol. The number of rotatable bonds is 2. The highest BCUT2D eigenvalue weighted by atomic mass is 19.1. The molecule has 0 atom stereocenters. The van der Waals surface area contributed by atoms with Gasteiger partial charge in [0, 0.05) is 6.07 Å². The molecule has 0 unspecified atom stereocenters. The minimum Gasteiger partial charge on any atom is -0.329 e. The summed E-state index contributed by atoms with van der Waals surface area (Å²) in [5, 5.41) is 4.79. The van der Waals surface area contributed by atoms with E-state index in [0.29, 0.717) is 12.1 Å². The summed E-state index contributed by atoms with van der Waals surface area (Å²) < 4.78 is 25.8. The van der Waals surface area contributed by atoms with E-state index in [-0.39, 0.29) is 5.69 Å². The van der Waals surface area contributed by atoms with Crippen LogP contribution in [0, 0.1) is 43.4 Å². The average molecular weight is 235 g/mol. The van der Waals surface area contributed by atoms with E-state index in [1.807, 2.05) is 0 Å². The maximum absolute atomic E-state index is 13.2. The zero-order valence-corrected chi connectivity index (χ0v) is 8.71. The molecule has 2 rings (SSSR count). The van der Waals surface area contributed by atoms with Crippen LogP contribution in [0.4, 0.5) is 19.3 Å². The van der Waals surface area contributed by atoms with Crippen molar-refractivity contribution in [2.75, 3.05) is 5.32 Å². The fraction of sp³-hybridized carbons (Fsp3) is 0. The smallest absolute Gasteiger partial charge is 0.319 e. The summed E-state index contributed by atoms with van der Waals surface area (Å²) in [4.78, 5) is 11.4. The number of anilines is 1. The van der Waals surface area contributed by atoms with Gasteiger partial charge >= 0.3 is 6.03 Å². The summed E-state index contributed by atoms with van der Waals surface area (Å²) in [6.07, 6.45) is 6.91. The minimum atomic E-state index is -0.817. The standard InChI is InChI=1S/C12H9F2N2O/c13-8-5-6-11(10(14)7-8)16-12(17)15-9-3-1-2-4-9/h1-7H,(H2,15,16,17). The van der Waals surface area contributed by atoms with Crippen LogP contribution in [0.1, 0.15) is 0 Å². The lowest BCUT2D eigenvalue weighted by atomic mass is 10.2. The van der Waals surface area contributed by atoms with Crippen molar-refractivity contribution in [3.63, 3.8) is 0 Å². The van der Waals surface area contributed by atoms with Gasteiger partial charge in [-0.15, -0.1) is 0 Å². The molecule has 1 aromatic carbocycles. The molecule has 0 aromatic heterocycles. The van der Waals surface area contributed by atoms with E-state index in [2.05, 4.69) is 10.6 Å². The largest absolute Gasteiger partial charge is 0.329 e. The van der Waals surface area contributed by atoms with Crippen LogP contribution in [0.5, 0.6) is 0 Å². The molecular formula is C12H9F2N2O. The molecule has 0 heterocycles. The van der Waals surface area contributed by atoms with Crippen molar-refractivity contribution in [2.45, 2.75) is 0 Å². The van der Waals surface area contributed by atoms with Crippen molar-refractivity contribution >= 4 is 11.7 Å². The number of amides is 2. The molecule has 2 N–H and O–H groups in total. The van der Waals surface area contributed by atoms with Gasteiger partial charge in [-0.3, -0.25) is 0 Å². The van der Waals surface area contributed by atoms with Crippen molar-refractivity contribution in [3.8, 4) is 0 Å². The molecule has 0 spiro atoms. The third-order valence-electron chi connectivity index (χ3n) is 2.10.